The summed E-state index contributed by atoms with van der Waals surface area (Å²) >= 11 is 3.34. The normalized spacial score (nSPS) is 15.8. The number of barbiturate groups is 1. The van der Waals surface area contributed by atoms with E-state index in [1.807, 2.05) is 0 Å². The molecule has 0 unspecified atom stereocenters. The van der Waals surface area contributed by atoms with Gasteiger partial charge in [0.1, 0.15) is 17.1 Å². The zero-order chi connectivity index (χ0) is 20.3. The van der Waals surface area contributed by atoms with Crippen molar-refractivity contribution in [1.82, 2.24) is 10.2 Å². The van der Waals surface area contributed by atoms with Gasteiger partial charge >= 0.3 is 6.03 Å². The van der Waals surface area contributed by atoms with Crippen LogP contribution in [-0.2, 0) is 16.0 Å². The molecular weight excluding hydrogens is 431 g/mol. The molecule has 8 heteroatoms. The van der Waals surface area contributed by atoms with Gasteiger partial charge in [-0.15, -0.1) is 0 Å². The monoisotopic (exact) mass is 446 g/mol. The molecular formula is C20H16BrFN2O4. The zero-order valence-corrected chi connectivity index (χ0v) is 16.5. The van der Waals surface area contributed by atoms with Crippen molar-refractivity contribution in [3.05, 3.63) is 69.5 Å². The number of urea groups is 1. The summed E-state index contributed by atoms with van der Waals surface area (Å²) in [7, 11) is 1.48. The van der Waals surface area contributed by atoms with Gasteiger partial charge in [-0.3, -0.25) is 19.8 Å². The molecule has 1 saturated heterocycles. The van der Waals surface area contributed by atoms with Crippen LogP contribution >= 0.6 is 15.9 Å². The number of ether oxygens (including phenoxy) is 1. The molecule has 1 fully saturated rings. The third-order valence-corrected chi connectivity index (χ3v) is 4.71. The van der Waals surface area contributed by atoms with Crippen LogP contribution < -0.4 is 10.1 Å². The summed E-state index contributed by atoms with van der Waals surface area (Å²) in [4.78, 5) is 38.1. The average Bonchev–Trinajstić information content (AvgIpc) is 2.66. The van der Waals surface area contributed by atoms with Gasteiger partial charge in [0.2, 0.25) is 0 Å². The molecule has 2 aromatic rings. The number of methoxy groups -OCH3 is 1. The molecule has 2 aromatic carbocycles. The maximum atomic E-state index is 13.0. The summed E-state index contributed by atoms with van der Waals surface area (Å²) < 4.78 is 19.0. The number of carbonyl (C=O) groups is 3. The second-order valence-corrected chi connectivity index (χ2v) is 6.95. The Morgan fingerprint density at radius 2 is 1.86 bits per heavy atom. The predicted octanol–water partition coefficient (Wildman–Crippen LogP) is 3.30. The highest BCUT2D eigenvalue weighted by Crippen LogP contribution is 2.26. The molecule has 3 rings (SSSR count). The van der Waals surface area contributed by atoms with Gasteiger partial charge in [0, 0.05) is 16.6 Å². The van der Waals surface area contributed by atoms with Crippen molar-refractivity contribution in [3.63, 3.8) is 0 Å². The summed E-state index contributed by atoms with van der Waals surface area (Å²) in [6.45, 7) is 0.0521. The van der Waals surface area contributed by atoms with Gasteiger partial charge in [0.15, 0.2) is 0 Å². The van der Waals surface area contributed by atoms with Gasteiger partial charge in [-0.2, -0.15) is 0 Å². The Morgan fingerprint density at radius 3 is 2.54 bits per heavy atom. The van der Waals surface area contributed by atoms with E-state index in [9.17, 15) is 18.8 Å². The van der Waals surface area contributed by atoms with E-state index in [4.69, 9.17) is 4.74 Å². The molecule has 6 nitrogen and oxygen atoms in total. The van der Waals surface area contributed by atoms with E-state index in [-0.39, 0.29) is 17.9 Å². The third-order valence-electron chi connectivity index (χ3n) is 4.21. The molecule has 0 radical (unpaired) electrons. The van der Waals surface area contributed by atoms with E-state index >= 15 is 0 Å². The van der Waals surface area contributed by atoms with Gasteiger partial charge in [0.05, 0.1) is 7.11 Å². The first-order valence-electron chi connectivity index (χ1n) is 8.36. The minimum absolute atomic E-state index is 0.0521. The molecule has 1 aliphatic rings. The summed E-state index contributed by atoms with van der Waals surface area (Å²) in [5.74, 6) is -1.35. The Balaban J connectivity index is 1.85. The van der Waals surface area contributed by atoms with Crippen LogP contribution in [0.4, 0.5) is 9.18 Å². The number of halogens is 2. The fourth-order valence-electron chi connectivity index (χ4n) is 2.76. The standard InChI is InChI=1S/C20H16BrFN2O4/c1-28-17-7-4-14(21)10-13(17)11-16-18(25)23-20(27)24(19(16)26)9-8-12-2-5-15(22)6-3-12/h2-7,10-11H,8-9H2,1H3,(H,23,25,27)/b16-11+. The average molecular weight is 447 g/mol. The van der Waals surface area contributed by atoms with Crippen molar-refractivity contribution >= 4 is 39.9 Å². The van der Waals surface area contributed by atoms with Crippen LogP contribution in [-0.4, -0.2) is 36.4 Å². The minimum atomic E-state index is -0.782. The van der Waals surface area contributed by atoms with Gasteiger partial charge in [-0.1, -0.05) is 28.1 Å². The number of hydrogen-bond acceptors (Lipinski definition) is 4. The van der Waals surface area contributed by atoms with Gasteiger partial charge in [-0.05, 0) is 48.4 Å². The second-order valence-electron chi connectivity index (χ2n) is 6.04. The summed E-state index contributed by atoms with van der Waals surface area (Å²) in [5, 5.41) is 2.17. The lowest BCUT2D eigenvalue weighted by molar-refractivity contribution is -0.130. The molecule has 0 aliphatic carbocycles. The van der Waals surface area contributed by atoms with Crippen molar-refractivity contribution in [2.45, 2.75) is 6.42 Å². The SMILES string of the molecule is COc1ccc(Br)cc1/C=C1\C(=O)NC(=O)N(CCc2ccc(F)cc2)C1=O. The molecule has 144 valence electrons. The number of nitrogens with one attached hydrogen (secondary N) is 1. The van der Waals surface area contributed by atoms with Crippen LogP contribution in [0.2, 0.25) is 0 Å². The Kier molecular flexibility index (Phi) is 5.89. The molecule has 0 atom stereocenters. The Bertz CT molecular complexity index is 973. The van der Waals surface area contributed by atoms with Crippen molar-refractivity contribution in [1.29, 1.82) is 0 Å². The van der Waals surface area contributed by atoms with Crippen LogP contribution in [0.1, 0.15) is 11.1 Å². The maximum Gasteiger partial charge on any atom is 0.331 e. The Morgan fingerprint density at radius 1 is 1.14 bits per heavy atom. The van der Waals surface area contributed by atoms with Gasteiger partial charge < -0.3 is 4.74 Å². The summed E-state index contributed by atoms with van der Waals surface area (Å²) in [6, 6.07) is 10.2. The fraction of sp³-hybridized carbons (Fsp3) is 0.150. The number of rotatable bonds is 5. The fourth-order valence-corrected chi connectivity index (χ4v) is 3.14. The molecule has 4 amide bonds. The Hall–Kier alpha value is -3.00. The second kappa shape index (κ2) is 8.35. The minimum Gasteiger partial charge on any atom is -0.496 e. The van der Waals surface area contributed by atoms with Crippen LogP contribution in [0.5, 0.6) is 5.75 Å². The van der Waals surface area contributed by atoms with Crippen LogP contribution in [0.25, 0.3) is 6.08 Å². The summed E-state index contributed by atoms with van der Waals surface area (Å²) in [5.41, 5.74) is 1.11. The molecule has 1 heterocycles. The van der Waals surface area contributed by atoms with Gasteiger partial charge in [0.25, 0.3) is 11.8 Å². The van der Waals surface area contributed by atoms with E-state index in [0.717, 1.165) is 14.9 Å². The first-order valence-corrected chi connectivity index (χ1v) is 9.15. The van der Waals surface area contributed by atoms with E-state index in [2.05, 4.69) is 21.2 Å². The first kappa shape index (κ1) is 19.8. The number of hydrogen-bond donors (Lipinski definition) is 1. The zero-order valence-electron chi connectivity index (χ0n) is 14.9. The van der Waals surface area contributed by atoms with E-state index in [1.54, 1.807) is 30.3 Å². The molecule has 0 bridgehead atoms. The molecule has 1 aliphatic heterocycles. The smallest absolute Gasteiger partial charge is 0.331 e. The lowest BCUT2D eigenvalue weighted by atomic mass is 10.1. The highest BCUT2D eigenvalue weighted by Gasteiger charge is 2.35. The quantitative estimate of drug-likeness (QED) is 0.564. The highest BCUT2D eigenvalue weighted by molar-refractivity contribution is 9.10. The molecule has 1 N–H and O–H groups in total. The largest absolute Gasteiger partial charge is 0.496 e. The lowest BCUT2D eigenvalue weighted by Crippen LogP contribution is -2.54. The summed E-state index contributed by atoms with van der Waals surface area (Å²) in [6.07, 6.45) is 1.72. The molecule has 0 saturated carbocycles. The maximum absolute atomic E-state index is 13.0. The number of imide groups is 2. The number of nitrogens with zero attached hydrogens (tertiary/aromatic N) is 1. The number of benzene rings is 2. The molecule has 0 aromatic heterocycles. The predicted molar refractivity (Wildman–Crippen MR) is 104 cm³/mol. The van der Waals surface area contributed by atoms with Crippen LogP contribution in [0.3, 0.4) is 0 Å². The van der Waals surface area contributed by atoms with Crippen molar-refractivity contribution in [2.24, 2.45) is 0 Å². The topological polar surface area (TPSA) is 75.7 Å². The van der Waals surface area contributed by atoms with Gasteiger partial charge in [-0.25, -0.2) is 9.18 Å². The van der Waals surface area contributed by atoms with Crippen molar-refractivity contribution < 1.29 is 23.5 Å². The van der Waals surface area contributed by atoms with E-state index in [0.29, 0.717) is 17.7 Å². The van der Waals surface area contributed by atoms with Crippen LogP contribution in [0.15, 0.2) is 52.5 Å². The van der Waals surface area contributed by atoms with Crippen molar-refractivity contribution in [2.75, 3.05) is 13.7 Å². The third kappa shape index (κ3) is 4.28. The lowest BCUT2D eigenvalue weighted by Gasteiger charge is -2.26. The number of carbonyl (C=O) groups excluding carboxylic acids is 3. The first-order chi connectivity index (χ1) is 13.4. The van der Waals surface area contributed by atoms with Crippen molar-refractivity contribution in [3.8, 4) is 5.75 Å². The van der Waals surface area contributed by atoms with E-state index in [1.165, 1.54) is 25.3 Å². The number of amides is 4. The highest BCUT2D eigenvalue weighted by atomic mass is 79.9. The molecule has 0 spiro atoms. The molecule has 28 heavy (non-hydrogen) atoms. The Labute approximate surface area is 169 Å². The van der Waals surface area contributed by atoms with Crippen LogP contribution in [0, 0.1) is 5.82 Å². The van der Waals surface area contributed by atoms with E-state index < -0.39 is 17.8 Å².